The molecular weight excluding hydrogens is 384 g/mol. The Hall–Kier alpha value is 0. The van der Waals surface area contributed by atoms with E-state index in [-0.39, 0.29) is 0 Å². The zero-order chi connectivity index (χ0) is 24.0. The van der Waals surface area contributed by atoms with E-state index in [1.54, 1.807) is 0 Å². The van der Waals surface area contributed by atoms with Crippen molar-refractivity contribution < 1.29 is 0 Å². The summed E-state index contributed by atoms with van der Waals surface area (Å²) in [5.74, 6) is 5.56. The van der Waals surface area contributed by atoms with E-state index in [1.165, 1.54) is 109 Å². The topological polar surface area (TPSA) is 0 Å². The van der Waals surface area contributed by atoms with Crippen LogP contribution in [0.15, 0.2) is 0 Å². The molecule has 1 rings (SSSR count). The quantitative estimate of drug-likeness (QED) is 0.153. The molecule has 0 aromatic rings. The Labute approximate surface area is 205 Å². The van der Waals surface area contributed by atoms with Crippen molar-refractivity contribution in [3.8, 4) is 0 Å². The van der Waals surface area contributed by atoms with Crippen LogP contribution in [0.2, 0.25) is 0 Å². The summed E-state index contributed by atoms with van der Waals surface area (Å²) in [5.41, 5.74) is 0.549. The molecule has 0 N–H and O–H groups in total. The van der Waals surface area contributed by atoms with E-state index in [1.807, 2.05) is 0 Å². The van der Waals surface area contributed by atoms with Gasteiger partial charge in [-0.15, -0.1) is 0 Å². The first-order valence-electron chi connectivity index (χ1n) is 15.3. The molecule has 5 unspecified atom stereocenters. The summed E-state index contributed by atoms with van der Waals surface area (Å²) in [5, 5.41) is 0. The molecular formula is C32H64. The second-order valence-corrected chi connectivity index (χ2v) is 12.8. The molecule has 1 aliphatic rings. The van der Waals surface area contributed by atoms with Gasteiger partial charge < -0.3 is 0 Å². The van der Waals surface area contributed by atoms with Crippen LogP contribution in [0.25, 0.3) is 0 Å². The number of hydrogen-bond donors (Lipinski definition) is 0. The summed E-state index contributed by atoms with van der Waals surface area (Å²) in [7, 11) is 0. The monoisotopic (exact) mass is 449 g/mol. The van der Waals surface area contributed by atoms with Crippen molar-refractivity contribution in [1.29, 1.82) is 0 Å². The van der Waals surface area contributed by atoms with Crippen LogP contribution in [0, 0.1) is 40.9 Å². The van der Waals surface area contributed by atoms with Crippen LogP contribution in [-0.2, 0) is 0 Å². The van der Waals surface area contributed by atoms with Crippen molar-refractivity contribution in [1.82, 2.24) is 0 Å². The fraction of sp³-hybridized carbons (Fsp3) is 1.00. The van der Waals surface area contributed by atoms with Crippen molar-refractivity contribution in [3.05, 3.63) is 0 Å². The summed E-state index contributed by atoms with van der Waals surface area (Å²) < 4.78 is 0. The number of rotatable bonds is 21. The van der Waals surface area contributed by atoms with Crippen LogP contribution in [0.4, 0.5) is 0 Å². The van der Waals surface area contributed by atoms with Gasteiger partial charge in [0.05, 0.1) is 0 Å². The highest BCUT2D eigenvalue weighted by molar-refractivity contribution is 4.91. The molecule has 1 aliphatic carbocycles. The third-order valence-electron chi connectivity index (χ3n) is 9.74. The minimum Gasteiger partial charge on any atom is -0.0654 e. The Kier molecular flexibility index (Phi) is 15.6. The molecule has 0 heterocycles. The highest BCUT2D eigenvalue weighted by Gasteiger charge is 2.41. The fourth-order valence-corrected chi connectivity index (χ4v) is 6.30. The lowest BCUT2D eigenvalue weighted by molar-refractivity contribution is 0.0450. The molecule has 0 bridgehead atoms. The smallest absolute Gasteiger partial charge is 0.0269 e. The summed E-state index contributed by atoms with van der Waals surface area (Å²) in [6, 6.07) is 0. The predicted octanol–water partition coefficient (Wildman–Crippen LogP) is 11.5. The maximum atomic E-state index is 2.74. The van der Waals surface area contributed by atoms with Gasteiger partial charge >= 0.3 is 0 Å². The zero-order valence-electron chi connectivity index (χ0n) is 24.0. The first-order chi connectivity index (χ1) is 15.3. The van der Waals surface area contributed by atoms with Crippen LogP contribution < -0.4 is 0 Å². The molecule has 0 radical (unpaired) electrons. The third kappa shape index (κ3) is 11.4. The maximum Gasteiger partial charge on any atom is -0.0269 e. The average Bonchev–Trinajstić information content (AvgIpc) is 3.60. The van der Waals surface area contributed by atoms with Crippen LogP contribution >= 0.6 is 0 Å². The summed E-state index contributed by atoms with van der Waals surface area (Å²) in [6.07, 6.45) is 24.7. The van der Waals surface area contributed by atoms with Gasteiger partial charge in [0.2, 0.25) is 0 Å². The van der Waals surface area contributed by atoms with Gasteiger partial charge in [-0.2, -0.15) is 0 Å². The van der Waals surface area contributed by atoms with Crippen LogP contribution in [-0.4, -0.2) is 0 Å². The summed E-state index contributed by atoms with van der Waals surface area (Å²) in [4.78, 5) is 0. The third-order valence-corrected chi connectivity index (χ3v) is 9.74. The standard InChI is InChI=1S/C32H64/c1-9-11-13-14-17-21-31(22-18-15-16-19-27(5)26(3)4)32(8,29(7)20-12-10-2)25-28(6)30-23-24-30/h26-31H,9-25H2,1-8H3. The lowest BCUT2D eigenvalue weighted by Crippen LogP contribution is -2.36. The van der Waals surface area contributed by atoms with Crippen molar-refractivity contribution in [2.75, 3.05) is 0 Å². The Morgan fingerprint density at radius 3 is 1.72 bits per heavy atom. The lowest BCUT2D eigenvalue weighted by atomic mass is 9.60. The van der Waals surface area contributed by atoms with Gasteiger partial charge in [-0.3, -0.25) is 0 Å². The molecule has 1 saturated carbocycles. The number of hydrogen-bond acceptors (Lipinski definition) is 0. The van der Waals surface area contributed by atoms with E-state index in [2.05, 4.69) is 55.4 Å². The molecule has 0 amide bonds. The second-order valence-electron chi connectivity index (χ2n) is 12.8. The van der Waals surface area contributed by atoms with E-state index in [9.17, 15) is 0 Å². The van der Waals surface area contributed by atoms with Gasteiger partial charge in [-0.25, -0.2) is 0 Å². The van der Waals surface area contributed by atoms with Gasteiger partial charge in [0.25, 0.3) is 0 Å². The summed E-state index contributed by atoms with van der Waals surface area (Å²) >= 11 is 0. The maximum absolute atomic E-state index is 2.74. The molecule has 0 nitrogen and oxygen atoms in total. The van der Waals surface area contributed by atoms with Crippen molar-refractivity contribution in [2.45, 2.75) is 165 Å². The molecule has 1 fully saturated rings. The van der Waals surface area contributed by atoms with Gasteiger partial charge in [0.1, 0.15) is 0 Å². The molecule has 5 atom stereocenters. The van der Waals surface area contributed by atoms with Crippen LogP contribution in [0.1, 0.15) is 165 Å². The molecule has 0 aromatic heterocycles. The first-order valence-corrected chi connectivity index (χ1v) is 15.3. The van der Waals surface area contributed by atoms with E-state index in [0.717, 1.165) is 35.5 Å². The Morgan fingerprint density at radius 2 is 1.19 bits per heavy atom. The first kappa shape index (κ1) is 30.0. The van der Waals surface area contributed by atoms with Gasteiger partial charge in [-0.05, 0) is 73.0 Å². The van der Waals surface area contributed by atoms with E-state index in [4.69, 9.17) is 0 Å². The molecule has 32 heavy (non-hydrogen) atoms. The largest absolute Gasteiger partial charge is 0.0654 e. The molecule has 0 spiro atoms. The Bertz CT molecular complexity index is 433. The van der Waals surface area contributed by atoms with Crippen LogP contribution in [0.3, 0.4) is 0 Å². The predicted molar refractivity (Wildman–Crippen MR) is 147 cm³/mol. The van der Waals surface area contributed by atoms with E-state index < -0.39 is 0 Å². The fourth-order valence-electron chi connectivity index (χ4n) is 6.30. The van der Waals surface area contributed by atoms with Crippen molar-refractivity contribution in [3.63, 3.8) is 0 Å². The lowest BCUT2D eigenvalue weighted by Gasteiger charge is -2.45. The molecule has 192 valence electrons. The highest BCUT2D eigenvalue weighted by Crippen LogP contribution is 2.51. The zero-order valence-corrected chi connectivity index (χ0v) is 24.0. The van der Waals surface area contributed by atoms with E-state index in [0.29, 0.717) is 5.41 Å². The highest BCUT2D eigenvalue weighted by atomic mass is 14.5. The minimum absolute atomic E-state index is 0.549. The van der Waals surface area contributed by atoms with Crippen molar-refractivity contribution >= 4 is 0 Å². The van der Waals surface area contributed by atoms with Crippen molar-refractivity contribution in [2.24, 2.45) is 40.9 Å². The van der Waals surface area contributed by atoms with E-state index >= 15 is 0 Å². The normalized spacial score (nSPS) is 20.2. The molecule has 0 aromatic carbocycles. The van der Waals surface area contributed by atoms with Crippen LogP contribution in [0.5, 0.6) is 0 Å². The SMILES string of the molecule is CCCCCCCC(CCCCCC(C)C(C)C)C(C)(CC(C)C1CC1)C(C)CCCC. The molecule has 0 aliphatic heterocycles. The number of unbranched alkanes of at least 4 members (excludes halogenated alkanes) is 7. The molecule has 0 heteroatoms. The molecule has 0 saturated heterocycles. The van der Waals surface area contributed by atoms with Gasteiger partial charge in [0, 0.05) is 0 Å². The van der Waals surface area contributed by atoms with Gasteiger partial charge in [-0.1, -0.05) is 132 Å². The minimum atomic E-state index is 0.549. The Morgan fingerprint density at radius 1 is 0.656 bits per heavy atom. The summed E-state index contributed by atoms with van der Waals surface area (Å²) in [6.45, 7) is 19.9. The second kappa shape index (κ2) is 16.6. The average molecular weight is 449 g/mol. The Balaban J connectivity index is 2.77. The van der Waals surface area contributed by atoms with Gasteiger partial charge in [0.15, 0.2) is 0 Å².